The van der Waals surface area contributed by atoms with E-state index >= 15 is 0 Å². The van der Waals surface area contributed by atoms with Crippen LogP contribution in [0.5, 0.6) is 0 Å². The topological polar surface area (TPSA) is 43.4 Å². The largest absolute Gasteiger partial charge is 0.459 e. The molecule has 0 aromatic heterocycles. The lowest BCUT2D eigenvalue weighted by atomic mass is 9.90. The van der Waals surface area contributed by atoms with Crippen LogP contribution in [0.1, 0.15) is 27.7 Å². The second-order valence-electron chi connectivity index (χ2n) is 4.48. The quantitative estimate of drug-likeness (QED) is 0.309. The van der Waals surface area contributed by atoms with E-state index in [9.17, 15) is 9.59 Å². The average molecular weight is 210 g/mol. The molecule has 0 saturated heterocycles. The molecule has 0 aliphatic rings. The number of aldehydes is 1. The molecule has 1 atom stereocenters. The van der Waals surface area contributed by atoms with E-state index in [1.54, 1.807) is 27.7 Å². The molecule has 0 saturated carbocycles. The highest BCUT2D eigenvalue weighted by Crippen LogP contribution is 2.24. The molecule has 0 spiro atoms. The van der Waals surface area contributed by atoms with E-state index in [4.69, 9.17) is 4.74 Å². The number of ether oxygens (including phenoxy) is 1. The van der Waals surface area contributed by atoms with E-state index in [0.29, 0.717) is 6.29 Å². The fourth-order valence-electron chi connectivity index (χ4n) is 0.847. The summed E-state index contributed by atoms with van der Waals surface area (Å²) in [6.45, 7) is 10.6. The Balaban J connectivity index is 4.81. The minimum absolute atomic E-state index is 0.414. The van der Waals surface area contributed by atoms with Crippen molar-refractivity contribution >= 4 is 12.3 Å². The Kier molecular flexibility index (Phi) is 4.46. The summed E-state index contributed by atoms with van der Waals surface area (Å²) in [6, 6.07) is 0. The maximum Gasteiger partial charge on any atom is 0.320 e. The standard InChI is InChI=1S/C12H18O3/c1-6-12(5,8-7-9-13)10(14)15-11(2,3)4/h6-9H,1H2,2-5H3/b8-7+/t12-/m1/s1. The van der Waals surface area contributed by atoms with Gasteiger partial charge >= 0.3 is 5.97 Å². The van der Waals surface area contributed by atoms with Crippen LogP contribution in [0.15, 0.2) is 24.8 Å². The van der Waals surface area contributed by atoms with Gasteiger partial charge in [0.05, 0.1) is 0 Å². The van der Waals surface area contributed by atoms with Crippen LogP contribution >= 0.6 is 0 Å². The molecule has 0 rings (SSSR count). The van der Waals surface area contributed by atoms with Gasteiger partial charge in [-0.15, -0.1) is 6.58 Å². The van der Waals surface area contributed by atoms with Crippen LogP contribution in [-0.4, -0.2) is 17.9 Å². The molecule has 15 heavy (non-hydrogen) atoms. The van der Waals surface area contributed by atoms with Gasteiger partial charge in [0.25, 0.3) is 0 Å². The predicted molar refractivity (Wildman–Crippen MR) is 59.4 cm³/mol. The van der Waals surface area contributed by atoms with E-state index in [1.807, 2.05) is 0 Å². The molecule has 3 heteroatoms. The van der Waals surface area contributed by atoms with Crippen molar-refractivity contribution in [2.75, 3.05) is 0 Å². The number of allylic oxidation sites excluding steroid dienone is 1. The molecular weight excluding hydrogens is 192 g/mol. The number of hydrogen-bond donors (Lipinski definition) is 0. The highest BCUT2D eigenvalue weighted by atomic mass is 16.6. The van der Waals surface area contributed by atoms with Gasteiger partial charge in [0.2, 0.25) is 0 Å². The van der Waals surface area contributed by atoms with Gasteiger partial charge in [-0.3, -0.25) is 9.59 Å². The Morgan fingerprint density at radius 2 is 1.80 bits per heavy atom. The summed E-state index contributed by atoms with van der Waals surface area (Å²) < 4.78 is 5.21. The molecule has 0 heterocycles. The number of rotatable bonds is 4. The van der Waals surface area contributed by atoms with Crippen LogP contribution in [0.3, 0.4) is 0 Å². The van der Waals surface area contributed by atoms with Gasteiger partial charge in [-0.05, 0) is 33.8 Å². The van der Waals surface area contributed by atoms with Crippen molar-refractivity contribution in [2.24, 2.45) is 5.41 Å². The Bertz CT molecular complexity index is 284. The third kappa shape index (κ3) is 4.58. The maximum atomic E-state index is 11.8. The van der Waals surface area contributed by atoms with Gasteiger partial charge in [0.1, 0.15) is 17.3 Å². The van der Waals surface area contributed by atoms with Gasteiger partial charge in [-0.2, -0.15) is 0 Å². The van der Waals surface area contributed by atoms with Gasteiger partial charge in [-0.1, -0.05) is 12.2 Å². The molecule has 0 bridgehead atoms. The monoisotopic (exact) mass is 210 g/mol. The molecule has 0 amide bonds. The molecule has 84 valence electrons. The third-order valence-electron chi connectivity index (χ3n) is 1.78. The van der Waals surface area contributed by atoms with E-state index < -0.39 is 17.0 Å². The normalized spacial score (nSPS) is 15.7. The van der Waals surface area contributed by atoms with Gasteiger partial charge in [-0.25, -0.2) is 0 Å². The summed E-state index contributed by atoms with van der Waals surface area (Å²) in [5.74, 6) is -0.414. The lowest BCUT2D eigenvalue weighted by Gasteiger charge is -2.26. The van der Waals surface area contributed by atoms with Crippen molar-refractivity contribution in [3.63, 3.8) is 0 Å². The van der Waals surface area contributed by atoms with Gasteiger partial charge < -0.3 is 4.74 Å². The molecule has 3 nitrogen and oxygen atoms in total. The molecule has 0 aliphatic carbocycles. The number of carbonyl (C=O) groups excluding carboxylic acids is 2. The van der Waals surface area contributed by atoms with Crippen LogP contribution in [-0.2, 0) is 14.3 Å². The van der Waals surface area contributed by atoms with Crippen molar-refractivity contribution in [3.8, 4) is 0 Å². The summed E-state index contributed by atoms with van der Waals surface area (Å²) in [5.41, 5.74) is -1.50. The summed E-state index contributed by atoms with van der Waals surface area (Å²) in [5, 5.41) is 0. The fourth-order valence-corrected chi connectivity index (χ4v) is 0.847. The Morgan fingerprint density at radius 3 is 2.13 bits per heavy atom. The van der Waals surface area contributed by atoms with Crippen LogP contribution in [0.4, 0.5) is 0 Å². The minimum Gasteiger partial charge on any atom is -0.459 e. The van der Waals surface area contributed by atoms with E-state index in [0.717, 1.165) is 0 Å². The zero-order valence-electron chi connectivity index (χ0n) is 9.74. The highest BCUT2D eigenvalue weighted by Gasteiger charge is 2.31. The van der Waals surface area contributed by atoms with Crippen LogP contribution in [0, 0.1) is 5.41 Å². The Labute approximate surface area is 90.8 Å². The molecule has 0 aliphatic heterocycles. The zero-order valence-corrected chi connectivity index (χ0v) is 9.74. The third-order valence-corrected chi connectivity index (χ3v) is 1.78. The molecule has 0 unspecified atom stereocenters. The van der Waals surface area contributed by atoms with Gasteiger partial charge in [0, 0.05) is 0 Å². The molecule has 0 aromatic carbocycles. The number of hydrogen-bond acceptors (Lipinski definition) is 3. The number of carbonyl (C=O) groups is 2. The summed E-state index contributed by atoms with van der Waals surface area (Å²) in [6.07, 6.45) is 4.82. The highest BCUT2D eigenvalue weighted by molar-refractivity contribution is 5.82. The molecule has 0 N–H and O–H groups in total. The van der Waals surface area contributed by atoms with Crippen molar-refractivity contribution in [2.45, 2.75) is 33.3 Å². The van der Waals surface area contributed by atoms with Crippen LogP contribution in [0.2, 0.25) is 0 Å². The van der Waals surface area contributed by atoms with E-state index in [2.05, 4.69) is 6.58 Å². The molecule has 0 aromatic rings. The SMILES string of the molecule is C=C[C@](C)(/C=C/C=O)C(=O)OC(C)(C)C. The first-order valence-corrected chi connectivity index (χ1v) is 4.75. The summed E-state index contributed by atoms with van der Waals surface area (Å²) in [4.78, 5) is 22.0. The fraction of sp³-hybridized carbons (Fsp3) is 0.500. The molecule has 0 fully saturated rings. The van der Waals surface area contributed by atoms with E-state index in [-0.39, 0.29) is 0 Å². The number of esters is 1. The van der Waals surface area contributed by atoms with Crippen molar-refractivity contribution < 1.29 is 14.3 Å². The first kappa shape index (κ1) is 13.6. The molecule has 0 radical (unpaired) electrons. The van der Waals surface area contributed by atoms with Gasteiger partial charge in [0.15, 0.2) is 0 Å². The van der Waals surface area contributed by atoms with Crippen molar-refractivity contribution in [1.29, 1.82) is 0 Å². The Hall–Kier alpha value is -1.38. The molecular formula is C12H18O3. The first-order valence-electron chi connectivity index (χ1n) is 4.75. The maximum absolute atomic E-state index is 11.8. The smallest absolute Gasteiger partial charge is 0.320 e. The van der Waals surface area contributed by atoms with Crippen molar-refractivity contribution in [3.05, 3.63) is 24.8 Å². The predicted octanol–water partition coefficient (Wildman–Crippen LogP) is 2.28. The second kappa shape index (κ2) is 4.91. The van der Waals surface area contributed by atoms with Crippen LogP contribution < -0.4 is 0 Å². The summed E-state index contributed by atoms with van der Waals surface area (Å²) in [7, 11) is 0. The van der Waals surface area contributed by atoms with E-state index in [1.165, 1.54) is 18.2 Å². The Morgan fingerprint density at radius 1 is 1.27 bits per heavy atom. The lowest BCUT2D eigenvalue weighted by molar-refractivity contribution is -0.161. The average Bonchev–Trinajstić information content (AvgIpc) is 2.11. The first-order chi connectivity index (χ1) is 6.75. The minimum atomic E-state index is -0.950. The lowest BCUT2D eigenvalue weighted by Crippen LogP contribution is -2.33. The van der Waals surface area contributed by atoms with Crippen molar-refractivity contribution in [1.82, 2.24) is 0 Å². The summed E-state index contributed by atoms with van der Waals surface area (Å²) >= 11 is 0. The van der Waals surface area contributed by atoms with Crippen LogP contribution in [0.25, 0.3) is 0 Å². The zero-order chi connectivity index (χ0) is 12.1. The second-order valence-corrected chi connectivity index (χ2v) is 4.48.